The number of hydrogen-bond acceptors (Lipinski definition) is 5. The summed E-state index contributed by atoms with van der Waals surface area (Å²) in [7, 11) is 0. The number of carboxylic acid groups (broad SMARTS) is 1. The van der Waals surface area contributed by atoms with Crippen molar-refractivity contribution in [3.05, 3.63) is 63.4 Å². The van der Waals surface area contributed by atoms with Gasteiger partial charge in [0.05, 0.1) is 0 Å². The highest BCUT2D eigenvalue weighted by molar-refractivity contribution is 7.10. The predicted octanol–water partition coefficient (Wildman–Crippen LogP) is 5.49. The van der Waals surface area contributed by atoms with Gasteiger partial charge in [-0.2, -0.15) is 0 Å². The summed E-state index contributed by atoms with van der Waals surface area (Å²) in [5.74, 6) is -2.37. The van der Waals surface area contributed by atoms with Crippen LogP contribution in [0.4, 0.5) is 13.2 Å². The molecule has 0 atom stereocenters. The number of benzene rings is 2. The number of rotatable bonds is 8. The molecule has 0 amide bonds. The molecule has 2 aromatic carbocycles. The van der Waals surface area contributed by atoms with Crippen molar-refractivity contribution in [1.29, 1.82) is 0 Å². The van der Waals surface area contributed by atoms with Gasteiger partial charge < -0.3 is 19.3 Å². The van der Waals surface area contributed by atoms with Crippen LogP contribution in [0.25, 0.3) is 11.1 Å². The Morgan fingerprint density at radius 1 is 1.13 bits per heavy atom. The van der Waals surface area contributed by atoms with Gasteiger partial charge in [0.15, 0.2) is 28.9 Å². The van der Waals surface area contributed by atoms with E-state index in [1.165, 1.54) is 11.3 Å². The van der Waals surface area contributed by atoms with Crippen molar-refractivity contribution in [2.75, 3.05) is 6.79 Å². The zero-order valence-electron chi connectivity index (χ0n) is 16.1. The molecule has 0 unspecified atom stereocenters. The number of aryl methyl sites for hydroxylation is 1. The maximum Gasteiger partial charge on any atom is 0.303 e. The van der Waals surface area contributed by atoms with Crippen LogP contribution in [0.15, 0.2) is 35.7 Å². The third kappa shape index (κ3) is 4.46. The fraction of sp³-hybridized carbons (Fsp3) is 0.227. The fourth-order valence-electron chi connectivity index (χ4n) is 3.29. The lowest BCUT2D eigenvalue weighted by molar-refractivity contribution is -0.136. The molecule has 1 N–H and O–H groups in total. The second-order valence-corrected chi connectivity index (χ2v) is 7.79. The van der Waals surface area contributed by atoms with E-state index < -0.39 is 30.0 Å². The van der Waals surface area contributed by atoms with E-state index in [0.717, 1.165) is 17.7 Å². The standard InChI is InChI=1S/C22H17F3O5S/c23-8-20-14(15(10-31-20)13-2-3-18-19(7-13)30-11-29-18)9-28-22-16(24)5-12(6-17(22)25)1-4-21(26)27/h2-3,5-7,10H,1,4,8-9,11H2,(H,26,27). The maximum absolute atomic E-state index is 14.4. The lowest BCUT2D eigenvalue weighted by atomic mass is 10.0. The second-order valence-electron chi connectivity index (χ2n) is 6.82. The van der Waals surface area contributed by atoms with Crippen molar-refractivity contribution in [1.82, 2.24) is 0 Å². The van der Waals surface area contributed by atoms with Gasteiger partial charge in [0, 0.05) is 16.9 Å². The van der Waals surface area contributed by atoms with Crippen molar-refractivity contribution >= 4 is 17.3 Å². The third-order valence-corrected chi connectivity index (χ3v) is 5.83. The van der Waals surface area contributed by atoms with Gasteiger partial charge in [0.1, 0.15) is 13.3 Å². The first kappa shape index (κ1) is 21.0. The topological polar surface area (TPSA) is 65.0 Å². The number of carboxylic acids is 1. The van der Waals surface area contributed by atoms with Crippen LogP contribution in [0.1, 0.15) is 22.4 Å². The lowest BCUT2D eigenvalue weighted by Crippen LogP contribution is -2.04. The minimum Gasteiger partial charge on any atom is -0.483 e. The Bertz CT molecular complexity index is 1110. The van der Waals surface area contributed by atoms with Crippen LogP contribution in [-0.2, 0) is 24.5 Å². The molecule has 1 aliphatic heterocycles. The van der Waals surface area contributed by atoms with Crippen LogP contribution >= 0.6 is 11.3 Å². The first-order valence-electron chi connectivity index (χ1n) is 9.34. The Kier molecular flexibility index (Phi) is 6.03. The lowest BCUT2D eigenvalue weighted by Gasteiger charge is -2.12. The van der Waals surface area contributed by atoms with Gasteiger partial charge >= 0.3 is 5.97 Å². The molecule has 4 rings (SSSR count). The quantitative estimate of drug-likeness (QED) is 0.492. The number of alkyl halides is 1. The summed E-state index contributed by atoms with van der Waals surface area (Å²) in [6.45, 7) is -0.864. The summed E-state index contributed by atoms with van der Waals surface area (Å²) in [5.41, 5.74) is 2.12. The van der Waals surface area contributed by atoms with Gasteiger partial charge in [0.2, 0.25) is 6.79 Å². The molecule has 31 heavy (non-hydrogen) atoms. The third-order valence-electron chi connectivity index (χ3n) is 4.83. The number of thiophene rings is 1. The highest BCUT2D eigenvalue weighted by Crippen LogP contribution is 2.40. The Balaban J connectivity index is 1.58. The van der Waals surface area contributed by atoms with Crippen LogP contribution in [0.5, 0.6) is 17.2 Å². The van der Waals surface area contributed by atoms with Gasteiger partial charge in [-0.3, -0.25) is 4.79 Å². The average Bonchev–Trinajstić information content (AvgIpc) is 3.37. The summed E-state index contributed by atoms with van der Waals surface area (Å²) >= 11 is 1.19. The van der Waals surface area contributed by atoms with E-state index in [1.807, 2.05) is 0 Å². The number of carbonyl (C=O) groups is 1. The molecule has 5 nitrogen and oxygen atoms in total. The van der Waals surface area contributed by atoms with E-state index in [-0.39, 0.29) is 31.8 Å². The van der Waals surface area contributed by atoms with E-state index in [2.05, 4.69) is 0 Å². The predicted molar refractivity (Wildman–Crippen MR) is 107 cm³/mol. The number of hydrogen-bond donors (Lipinski definition) is 1. The van der Waals surface area contributed by atoms with Crippen molar-refractivity contribution in [2.45, 2.75) is 26.1 Å². The van der Waals surface area contributed by atoms with Crippen LogP contribution in [0.2, 0.25) is 0 Å². The molecule has 0 radical (unpaired) electrons. The molecule has 0 fully saturated rings. The van der Waals surface area contributed by atoms with E-state index in [1.54, 1.807) is 23.6 Å². The van der Waals surface area contributed by atoms with Crippen LogP contribution in [0, 0.1) is 11.6 Å². The minimum atomic E-state index is -1.06. The fourth-order valence-corrected chi connectivity index (χ4v) is 4.20. The number of halogens is 3. The van der Waals surface area contributed by atoms with Gasteiger partial charge in [-0.25, -0.2) is 13.2 Å². The summed E-state index contributed by atoms with van der Waals surface area (Å²) < 4.78 is 58.4. The smallest absolute Gasteiger partial charge is 0.303 e. The van der Waals surface area contributed by atoms with Crippen molar-refractivity contribution in [3.8, 4) is 28.4 Å². The molecular formula is C22H17F3O5S. The summed E-state index contributed by atoms with van der Waals surface area (Å²) in [5, 5.41) is 10.5. The highest BCUT2D eigenvalue weighted by Gasteiger charge is 2.20. The average molecular weight is 450 g/mol. The first-order chi connectivity index (χ1) is 15.0. The zero-order chi connectivity index (χ0) is 22.0. The zero-order valence-corrected chi connectivity index (χ0v) is 16.9. The second kappa shape index (κ2) is 8.89. The molecule has 0 spiro atoms. The summed E-state index contributed by atoms with van der Waals surface area (Å²) in [4.78, 5) is 11.1. The minimum absolute atomic E-state index is 0.00571. The molecule has 1 aromatic heterocycles. The molecule has 162 valence electrons. The van der Waals surface area contributed by atoms with E-state index in [4.69, 9.17) is 19.3 Å². The Hall–Kier alpha value is -3.20. The van der Waals surface area contributed by atoms with E-state index in [9.17, 15) is 18.0 Å². The van der Waals surface area contributed by atoms with Gasteiger partial charge in [-0.05, 0) is 52.8 Å². The van der Waals surface area contributed by atoms with Crippen LogP contribution in [-0.4, -0.2) is 17.9 Å². The SMILES string of the molecule is O=C(O)CCc1cc(F)c(OCc2c(-c3ccc4c(c3)OCO4)csc2CF)c(F)c1. The molecule has 2 heterocycles. The van der Waals surface area contributed by atoms with Gasteiger partial charge in [-0.15, -0.1) is 11.3 Å². The summed E-state index contributed by atoms with van der Waals surface area (Å²) in [6.07, 6.45) is -0.249. The number of ether oxygens (including phenoxy) is 3. The largest absolute Gasteiger partial charge is 0.483 e. The molecular weight excluding hydrogens is 433 g/mol. The van der Waals surface area contributed by atoms with Crippen LogP contribution < -0.4 is 14.2 Å². The Labute approximate surface area is 179 Å². The summed E-state index contributed by atoms with van der Waals surface area (Å²) in [6, 6.07) is 7.38. The Morgan fingerprint density at radius 2 is 1.87 bits per heavy atom. The highest BCUT2D eigenvalue weighted by atomic mass is 32.1. The number of fused-ring (bicyclic) bond motifs is 1. The molecule has 0 aliphatic carbocycles. The maximum atomic E-state index is 14.4. The van der Waals surface area contributed by atoms with E-state index >= 15 is 0 Å². The molecule has 1 aliphatic rings. The van der Waals surface area contributed by atoms with Gasteiger partial charge in [-0.1, -0.05) is 6.07 Å². The monoisotopic (exact) mass is 450 g/mol. The van der Waals surface area contributed by atoms with Gasteiger partial charge in [0.25, 0.3) is 0 Å². The Morgan fingerprint density at radius 3 is 2.58 bits per heavy atom. The molecule has 3 aromatic rings. The van der Waals surface area contributed by atoms with E-state index in [0.29, 0.717) is 27.5 Å². The first-order valence-corrected chi connectivity index (χ1v) is 10.2. The van der Waals surface area contributed by atoms with Crippen molar-refractivity contribution < 1.29 is 37.3 Å². The molecule has 0 saturated heterocycles. The molecule has 0 bridgehead atoms. The number of aliphatic carboxylic acids is 1. The normalized spacial score (nSPS) is 12.2. The van der Waals surface area contributed by atoms with Crippen molar-refractivity contribution in [2.24, 2.45) is 0 Å². The van der Waals surface area contributed by atoms with Crippen LogP contribution in [0.3, 0.4) is 0 Å². The molecule has 9 heteroatoms. The molecule has 0 saturated carbocycles. The van der Waals surface area contributed by atoms with Crippen molar-refractivity contribution in [3.63, 3.8) is 0 Å².